The lowest BCUT2D eigenvalue weighted by Crippen LogP contribution is -2.31. The van der Waals surface area contributed by atoms with Crippen LogP contribution in [0, 0.1) is 16.7 Å². The number of hydrogen-bond donors (Lipinski definition) is 1. The molecule has 0 spiro atoms. The van der Waals surface area contributed by atoms with Crippen LogP contribution in [0.4, 0.5) is 5.95 Å². The minimum absolute atomic E-state index is 0.223. The number of hydrogen-bond acceptors (Lipinski definition) is 8. The number of aliphatic imine (C=N–C) groups is 2. The van der Waals surface area contributed by atoms with Gasteiger partial charge in [-0.05, 0) is 44.7 Å². The Balaban J connectivity index is 1.43. The monoisotopic (exact) mass is 416 g/mol. The Hall–Kier alpha value is -3.67. The van der Waals surface area contributed by atoms with E-state index < -0.39 is 0 Å². The molecule has 3 aliphatic rings. The van der Waals surface area contributed by atoms with Crippen molar-refractivity contribution in [1.29, 1.82) is 5.26 Å². The molecular weight excluding hydrogens is 392 g/mol. The number of nitrogens with one attached hydrogen (secondary N) is 1. The summed E-state index contributed by atoms with van der Waals surface area (Å²) in [4.78, 5) is 15.4. The smallest absolute Gasteiger partial charge is 0.244 e. The number of nitrogens with zero attached hydrogens (tertiary/aromatic N) is 7. The van der Waals surface area contributed by atoms with Crippen molar-refractivity contribution in [2.45, 2.75) is 38.6 Å². The van der Waals surface area contributed by atoms with E-state index in [1.54, 1.807) is 11.6 Å². The number of methoxy groups -OCH3 is 1. The third-order valence-electron chi connectivity index (χ3n) is 6.11. The highest BCUT2D eigenvalue weighted by Crippen LogP contribution is 2.36. The molecule has 4 heterocycles. The Morgan fingerprint density at radius 1 is 1.32 bits per heavy atom. The molecule has 9 nitrogen and oxygen atoms in total. The van der Waals surface area contributed by atoms with Gasteiger partial charge in [-0.2, -0.15) is 10.2 Å². The van der Waals surface area contributed by atoms with Crippen LogP contribution < -0.4 is 10.1 Å². The Morgan fingerprint density at radius 2 is 2.16 bits per heavy atom. The minimum atomic E-state index is -0.223. The standard InChI is InChI=1S/C22H24N8O/c1-22(14-23)7-4-16(5-8-22)26-20-27-19(31-2)18-17(6-11-30(18)28-20)15-12-25-21-24-9-3-10-29(21)13-15/h3,6,10-13,16H,4-5,7-9H2,1-2H3,(H,26,28). The van der Waals surface area contributed by atoms with Gasteiger partial charge in [0.2, 0.25) is 17.8 Å². The molecule has 158 valence electrons. The number of guanidine groups is 1. The fraction of sp³-hybridized carbons (Fsp3) is 0.409. The van der Waals surface area contributed by atoms with Gasteiger partial charge in [0.25, 0.3) is 0 Å². The van der Waals surface area contributed by atoms with E-state index in [9.17, 15) is 5.26 Å². The zero-order chi connectivity index (χ0) is 21.4. The van der Waals surface area contributed by atoms with Gasteiger partial charge in [0.15, 0.2) is 0 Å². The molecule has 5 rings (SSSR count). The van der Waals surface area contributed by atoms with Crippen LogP contribution in [0.1, 0.15) is 38.2 Å². The van der Waals surface area contributed by atoms with Crippen molar-refractivity contribution in [2.24, 2.45) is 15.4 Å². The molecule has 2 aliphatic heterocycles. The molecule has 0 bridgehead atoms. The van der Waals surface area contributed by atoms with E-state index >= 15 is 0 Å². The van der Waals surface area contributed by atoms with Crippen LogP contribution in [0.3, 0.4) is 0 Å². The van der Waals surface area contributed by atoms with Crippen molar-refractivity contribution in [3.8, 4) is 11.9 Å². The third kappa shape index (κ3) is 3.54. The summed E-state index contributed by atoms with van der Waals surface area (Å²) >= 11 is 0. The van der Waals surface area contributed by atoms with E-state index in [1.807, 2.05) is 48.8 Å². The van der Waals surface area contributed by atoms with Crippen LogP contribution in [-0.2, 0) is 0 Å². The first-order chi connectivity index (χ1) is 15.1. The van der Waals surface area contributed by atoms with Gasteiger partial charge in [-0.15, -0.1) is 5.10 Å². The highest BCUT2D eigenvalue weighted by molar-refractivity contribution is 6.18. The average molecular weight is 416 g/mol. The lowest BCUT2D eigenvalue weighted by molar-refractivity contribution is 0.279. The number of rotatable bonds is 4. The van der Waals surface area contributed by atoms with Crippen LogP contribution in [-0.4, -0.2) is 51.4 Å². The van der Waals surface area contributed by atoms with E-state index in [4.69, 9.17) is 4.74 Å². The van der Waals surface area contributed by atoms with E-state index in [0.717, 1.165) is 42.3 Å². The summed E-state index contributed by atoms with van der Waals surface area (Å²) in [5.41, 5.74) is 2.43. The summed E-state index contributed by atoms with van der Waals surface area (Å²) in [6, 6.07) is 4.68. The maximum Gasteiger partial charge on any atom is 0.244 e. The number of nitriles is 1. The Morgan fingerprint density at radius 3 is 2.94 bits per heavy atom. The fourth-order valence-corrected chi connectivity index (χ4v) is 4.22. The topological polar surface area (TPSA) is 103 Å². The third-order valence-corrected chi connectivity index (χ3v) is 6.11. The van der Waals surface area contributed by atoms with Crippen molar-refractivity contribution in [1.82, 2.24) is 19.5 Å². The summed E-state index contributed by atoms with van der Waals surface area (Å²) in [6.45, 7) is 2.68. The predicted molar refractivity (Wildman–Crippen MR) is 119 cm³/mol. The van der Waals surface area contributed by atoms with Crippen LogP contribution in [0.25, 0.3) is 11.1 Å². The number of fused-ring (bicyclic) bond motifs is 2. The van der Waals surface area contributed by atoms with E-state index in [-0.39, 0.29) is 11.5 Å². The highest BCUT2D eigenvalue weighted by atomic mass is 16.5. The molecule has 0 atom stereocenters. The molecule has 1 saturated carbocycles. The normalized spacial score (nSPS) is 24.9. The molecule has 0 amide bonds. The zero-order valence-electron chi connectivity index (χ0n) is 17.6. The summed E-state index contributed by atoms with van der Waals surface area (Å²) in [7, 11) is 1.61. The molecular formula is C22H24N8O. The van der Waals surface area contributed by atoms with Gasteiger partial charge in [0.1, 0.15) is 5.52 Å². The van der Waals surface area contributed by atoms with Gasteiger partial charge >= 0.3 is 0 Å². The van der Waals surface area contributed by atoms with E-state index in [2.05, 4.69) is 31.5 Å². The quantitative estimate of drug-likeness (QED) is 0.821. The van der Waals surface area contributed by atoms with E-state index in [0.29, 0.717) is 24.3 Å². The molecule has 1 fully saturated rings. The molecule has 9 heteroatoms. The second kappa shape index (κ2) is 7.54. The van der Waals surface area contributed by atoms with Gasteiger partial charge in [-0.25, -0.2) is 14.5 Å². The van der Waals surface area contributed by atoms with Crippen LogP contribution in [0.5, 0.6) is 5.88 Å². The molecule has 0 unspecified atom stereocenters. The Labute approximate surface area is 180 Å². The number of aromatic nitrogens is 3. The maximum atomic E-state index is 9.34. The summed E-state index contributed by atoms with van der Waals surface area (Å²) in [5.74, 6) is 1.71. The minimum Gasteiger partial charge on any atom is -0.479 e. The van der Waals surface area contributed by atoms with Crippen molar-refractivity contribution >= 4 is 29.2 Å². The summed E-state index contributed by atoms with van der Waals surface area (Å²) in [6.07, 6.45) is 13.2. The van der Waals surface area contributed by atoms with Gasteiger partial charge in [0.05, 0.1) is 25.1 Å². The first-order valence-corrected chi connectivity index (χ1v) is 10.5. The lowest BCUT2D eigenvalue weighted by Gasteiger charge is -2.32. The molecule has 2 aromatic heterocycles. The molecule has 2 aromatic rings. The summed E-state index contributed by atoms with van der Waals surface area (Å²) in [5, 5.41) is 17.4. The molecule has 31 heavy (non-hydrogen) atoms. The van der Waals surface area contributed by atoms with Crippen molar-refractivity contribution in [2.75, 3.05) is 19.0 Å². The van der Waals surface area contributed by atoms with Crippen LogP contribution in [0.15, 0.2) is 40.7 Å². The average Bonchev–Trinajstić information content (AvgIpc) is 3.24. The van der Waals surface area contributed by atoms with Gasteiger partial charge in [-0.3, -0.25) is 4.90 Å². The SMILES string of the molecule is COc1nc(NC2CCC(C)(C#N)CC2)nn2ccc(C3=CN4C=CCN=C4N=C3)c12. The molecule has 0 saturated heterocycles. The zero-order valence-corrected chi connectivity index (χ0v) is 17.6. The van der Waals surface area contributed by atoms with Gasteiger partial charge < -0.3 is 10.1 Å². The first kappa shape index (κ1) is 19.3. The van der Waals surface area contributed by atoms with Crippen molar-refractivity contribution in [3.05, 3.63) is 36.3 Å². The number of anilines is 1. The number of ether oxygens (including phenoxy) is 1. The Bertz CT molecular complexity index is 1170. The van der Waals surface area contributed by atoms with Gasteiger partial charge in [0, 0.05) is 42.0 Å². The van der Waals surface area contributed by atoms with Gasteiger partial charge in [-0.1, -0.05) is 0 Å². The molecule has 1 N–H and O–H groups in total. The second-order valence-corrected chi connectivity index (χ2v) is 8.33. The largest absolute Gasteiger partial charge is 0.479 e. The van der Waals surface area contributed by atoms with Crippen molar-refractivity contribution in [3.63, 3.8) is 0 Å². The summed E-state index contributed by atoms with van der Waals surface area (Å²) < 4.78 is 7.41. The molecule has 0 aromatic carbocycles. The first-order valence-electron chi connectivity index (χ1n) is 10.5. The maximum absolute atomic E-state index is 9.34. The van der Waals surface area contributed by atoms with Crippen LogP contribution in [0.2, 0.25) is 0 Å². The van der Waals surface area contributed by atoms with Crippen LogP contribution >= 0.6 is 0 Å². The number of allylic oxidation sites excluding steroid dienone is 1. The van der Waals surface area contributed by atoms with E-state index in [1.165, 1.54) is 0 Å². The predicted octanol–water partition coefficient (Wildman–Crippen LogP) is 3.23. The Kier molecular flexibility index (Phi) is 4.70. The fourth-order valence-electron chi connectivity index (χ4n) is 4.22. The molecule has 0 radical (unpaired) electrons. The second-order valence-electron chi connectivity index (χ2n) is 8.33. The molecule has 1 aliphatic carbocycles. The lowest BCUT2D eigenvalue weighted by atomic mass is 9.75. The highest BCUT2D eigenvalue weighted by Gasteiger charge is 2.31. The van der Waals surface area contributed by atoms with Crippen molar-refractivity contribution < 1.29 is 4.74 Å².